The summed E-state index contributed by atoms with van der Waals surface area (Å²) in [5.41, 5.74) is 2.79. The van der Waals surface area contributed by atoms with Gasteiger partial charge in [0.15, 0.2) is 0 Å². The van der Waals surface area contributed by atoms with Gasteiger partial charge in [-0.05, 0) is 30.3 Å². The highest BCUT2D eigenvalue weighted by Crippen LogP contribution is 2.15. The Kier molecular flexibility index (Phi) is 4.60. The zero-order chi connectivity index (χ0) is 14.4. The van der Waals surface area contributed by atoms with E-state index in [9.17, 15) is 4.79 Å². The van der Waals surface area contributed by atoms with Gasteiger partial charge in [-0.15, -0.1) is 0 Å². The second-order valence-electron chi connectivity index (χ2n) is 4.57. The predicted molar refractivity (Wildman–Crippen MR) is 84.3 cm³/mol. The number of carbonyl (C=O) groups excluding carboxylic acids is 1. The molecule has 4 heteroatoms. The first-order valence-corrected chi connectivity index (χ1v) is 6.53. The Morgan fingerprint density at radius 1 is 1.05 bits per heavy atom. The number of nitrogens with zero attached hydrogens (tertiary/aromatic N) is 1. The van der Waals surface area contributed by atoms with Crippen LogP contribution < -0.4 is 15.5 Å². The maximum absolute atomic E-state index is 12.0. The maximum atomic E-state index is 12.0. The van der Waals surface area contributed by atoms with Gasteiger partial charge in [-0.2, -0.15) is 0 Å². The number of hydrogen-bond acceptors (Lipinski definition) is 3. The molecule has 0 bridgehead atoms. The highest BCUT2D eigenvalue weighted by molar-refractivity contribution is 5.94. The zero-order valence-electron chi connectivity index (χ0n) is 11.8. The SMILES string of the molecule is CNc1cccc(NC(=O)CN(C)c2ccccc2)c1. The average Bonchev–Trinajstić information content (AvgIpc) is 2.48. The summed E-state index contributed by atoms with van der Waals surface area (Å²) < 4.78 is 0. The Balaban J connectivity index is 1.95. The average molecular weight is 269 g/mol. The molecule has 4 nitrogen and oxygen atoms in total. The summed E-state index contributed by atoms with van der Waals surface area (Å²) in [6, 6.07) is 17.5. The van der Waals surface area contributed by atoms with Crippen molar-refractivity contribution >= 4 is 23.0 Å². The van der Waals surface area contributed by atoms with Crippen molar-refractivity contribution in [3.05, 3.63) is 54.6 Å². The lowest BCUT2D eigenvalue weighted by Gasteiger charge is -2.18. The van der Waals surface area contributed by atoms with Crippen LogP contribution in [-0.2, 0) is 4.79 Å². The van der Waals surface area contributed by atoms with Gasteiger partial charge >= 0.3 is 0 Å². The van der Waals surface area contributed by atoms with Crippen LogP contribution in [0.2, 0.25) is 0 Å². The van der Waals surface area contributed by atoms with E-state index < -0.39 is 0 Å². The van der Waals surface area contributed by atoms with Crippen LogP contribution in [0.15, 0.2) is 54.6 Å². The van der Waals surface area contributed by atoms with Crippen molar-refractivity contribution < 1.29 is 4.79 Å². The van der Waals surface area contributed by atoms with Crippen molar-refractivity contribution in [3.8, 4) is 0 Å². The number of likely N-dealkylation sites (N-methyl/N-ethyl adjacent to an activating group) is 1. The third kappa shape index (κ3) is 3.75. The van der Waals surface area contributed by atoms with Crippen LogP contribution in [0, 0.1) is 0 Å². The standard InChI is InChI=1S/C16H19N3O/c1-17-13-7-6-8-14(11-13)18-16(20)12-19(2)15-9-4-3-5-10-15/h3-11,17H,12H2,1-2H3,(H,18,20). The van der Waals surface area contributed by atoms with E-state index in [1.165, 1.54) is 0 Å². The lowest BCUT2D eigenvalue weighted by atomic mass is 10.2. The van der Waals surface area contributed by atoms with Gasteiger partial charge in [-0.25, -0.2) is 0 Å². The molecular formula is C16H19N3O. The number of carbonyl (C=O) groups is 1. The Morgan fingerprint density at radius 3 is 2.45 bits per heavy atom. The molecule has 0 aliphatic rings. The Morgan fingerprint density at radius 2 is 1.75 bits per heavy atom. The molecule has 0 aromatic heterocycles. The van der Waals surface area contributed by atoms with E-state index >= 15 is 0 Å². The molecular weight excluding hydrogens is 250 g/mol. The zero-order valence-corrected chi connectivity index (χ0v) is 11.8. The van der Waals surface area contributed by atoms with Gasteiger partial charge in [0, 0.05) is 31.2 Å². The van der Waals surface area contributed by atoms with Crippen LogP contribution in [0.1, 0.15) is 0 Å². The summed E-state index contributed by atoms with van der Waals surface area (Å²) in [4.78, 5) is 13.9. The first-order chi connectivity index (χ1) is 9.69. The monoisotopic (exact) mass is 269 g/mol. The smallest absolute Gasteiger partial charge is 0.243 e. The van der Waals surface area contributed by atoms with Crippen molar-refractivity contribution in [3.63, 3.8) is 0 Å². The minimum Gasteiger partial charge on any atom is -0.388 e. The van der Waals surface area contributed by atoms with Gasteiger partial charge in [0.25, 0.3) is 0 Å². The molecule has 2 N–H and O–H groups in total. The van der Waals surface area contributed by atoms with Gasteiger partial charge in [0.05, 0.1) is 6.54 Å². The number of benzene rings is 2. The summed E-state index contributed by atoms with van der Waals surface area (Å²) in [6.07, 6.45) is 0. The molecule has 0 saturated heterocycles. The van der Waals surface area contributed by atoms with Crippen molar-refractivity contribution in [1.29, 1.82) is 0 Å². The summed E-state index contributed by atoms with van der Waals surface area (Å²) >= 11 is 0. The van der Waals surface area contributed by atoms with Crippen LogP contribution in [0.4, 0.5) is 17.1 Å². The van der Waals surface area contributed by atoms with E-state index in [-0.39, 0.29) is 5.91 Å². The number of rotatable bonds is 5. The molecule has 104 valence electrons. The van der Waals surface area contributed by atoms with Gasteiger partial charge in [0.2, 0.25) is 5.91 Å². The largest absolute Gasteiger partial charge is 0.388 e. The van der Waals surface area contributed by atoms with Crippen LogP contribution >= 0.6 is 0 Å². The lowest BCUT2D eigenvalue weighted by Crippen LogP contribution is -2.29. The predicted octanol–water partition coefficient (Wildman–Crippen LogP) is 2.80. The number of hydrogen-bond donors (Lipinski definition) is 2. The topological polar surface area (TPSA) is 44.4 Å². The lowest BCUT2D eigenvalue weighted by molar-refractivity contribution is -0.114. The second-order valence-corrected chi connectivity index (χ2v) is 4.57. The molecule has 0 saturated carbocycles. The molecule has 1 amide bonds. The van der Waals surface area contributed by atoms with Crippen LogP contribution in [0.25, 0.3) is 0 Å². The van der Waals surface area contributed by atoms with E-state index in [0.717, 1.165) is 17.1 Å². The Hall–Kier alpha value is -2.49. The quantitative estimate of drug-likeness (QED) is 0.877. The summed E-state index contributed by atoms with van der Waals surface area (Å²) in [5.74, 6) is -0.0374. The van der Waals surface area contributed by atoms with Gasteiger partial charge in [-0.1, -0.05) is 24.3 Å². The first-order valence-electron chi connectivity index (χ1n) is 6.53. The summed E-state index contributed by atoms with van der Waals surface area (Å²) in [7, 11) is 3.75. The van der Waals surface area contributed by atoms with Crippen LogP contribution in [0.5, 0.6) is 0 Å². The molecule has 0 unspecified atom stereocenters. The fourth-order valence-electron chi connectivity index (χ4n) is 1.94. The van der Waals surface area contributed by atoms with Crippen molar-refractivity contribution in [2.24, 2.45) is 0 Å². The van der Waals surface area contributed by atoms with Crippen molar-refractivity contribution in [2.75, 3.05) is 36.2 Å². The molecule has 20 heavy (non-hydrogen) atoms. The number of nitrogens with one attached hydrogen (secondary N) is 2. The van der Waals surface area contributed by atoms with E-state index in [4.69, 9.17) is 0 Å². The minimum absolute atomic E-state index is 0.0374. The Labute approximate surface area is 119 Å². The highest BCUT2D eigenvalue weighted by atomic mass is 16.2. The molecule has 0 aliphatic carbocycles. The molecule has 2 aromatic rings. The molecule has 2 rings (SSSR count). The molecule has 0 fully saturated rings. The number of para-hydroxylation sites is 1. The van der Waals surface area contributed by atoms with Crippen LogP contribution in [-0.4, -0.2) is 26.5 Å². The van der Waals surface area contributed by atoms with E-state index in [1.54, 1.807) is 0 Å². The highest BCUT2D eigenvalue weighted by Gasteiger charge is 2.07. The van der Waals surface area contributed by atoms with Crippen molar-refractivity contribution in [2.45, 2.75) is 0 Å². The van der Waals surface area contributed by atoms with Crippen molar-refractivity contribution in [1.82, 2.24) is 0 Å². The number of amides is 1. The molecule has 0 spiro atoms. The Bertz CT molecular complexity index is 569. The van der Waals surface area contributed by atoms with Crippen LogP contribution in [0.3, 0.4) is 0 Å². The van der Waals surface area contributed by atoms with Gasteiger partial charge < -0.3 is 15.5 Å². The third-order valence-corrected chi connectivity index (χ3v) is 3.01. The molecule has 0 radical (unpaired) electrons. The van der Waals surface area contributed by atoms with E-state index in [1.807, 2.05) is 73.6 Å². The van der Waals surface area contributed by atoms with E-state index in [2.05, 4.69) is 10.6 Å². The fourth-order valence-corrected chi connectivity index (χ4v) is 1.94. The maximum Gasteiger partial charge on any atom is 0.243 e. The molecule has 2 aromatic carbocycles. The third-order valence-electron chi connectivity index (χ3n) is 3.01. The normalized spacial score (nSPS) is 9.90. The second kappa shape index (κ2) is 6.61. The van der Waals surface area contributed by atoms with Gasteiger partial charge in [0.1, 0.15) is 0 Å². The molecule has 0 aliphatic heterocycles. The summed E-state index contributed by atoms with van der Waals surface area (Å²) in [5, 5.41) is 5.94. The molecule has 0 heterocycles. The van der Waals surface area contributed by atoms with E-state index in [0.29, 0.717) is 6.54 Å². The number of anilines is 3. The summed E-state index contributed by atoms with van der Waals surface area (Å²) in [6.45, 7) is 0.313. The fraction of sp³-hybridized carbons (Fsp3) is 0.188. The first kappa shape index (κ1) is 13.9. The molecule has 0 atom stereocenters. The minimum atomic E-state index is -0.0374. The van der Waals surface area contributed by atoms with Gasteiger partial charge in [-0.3, -0.25) is 4.79 Å².